The Bertz CT molecular complexity index is 942. The number of imidazole rings is 1. The fourth-order valence-electron chi connectivity index (χ4n) is 3.69. The van der Waals surface area contributed by atoms with Crippen LogP contribution >= 0.6 is 0 Å². The van der Waals surface area contributed by atoms with Crippen LogP contribution in [0, 0.1) is 13.8 Å². The maximum Gasteiger partial charge on any atom is 0.216 e. The first-order valence-electron chi connectivity index (χ1n) is 10.4. The number of nitrogens with one attached hydrogen (secondary N) is 1. The van der Waals surface area contributed by atoms with Gasteiger partial charge in [0.05, 0.1) is 17.6 Å². The Morgan fingerprint density at radius 1 is 1.07 bits per heavy atom. The van der Waals surface area contributed by atoms with Gasteiger partial charge in [0.2, 0.25) is 5.91 Å². The number of fused-ring (bicyclic) bond motifs is 1. The summed E-state index contributed by atoms with van der Waals surface area (Å²) >= 11 is 0. The van der Waals surface area contributed by atoms with E-state index in [2.05, 4.69) is 60.1 Å². The lowest BCUT2D eigenvalue weighted by Crippen LogP contribution is -2.20. The van der Waals surface area contributed by atoms with Gasteiger partial charge in [-0.15, -0.1) is 0 Å². The molecule has 0 fully saturated rings. The zero-order chi connectivity index (χ0) is 20.6. The molecule has 0 saturated carbocycles. The highest BCUT2D eigenvalue weighted by Gasteiger charge is 2.10. The quantitative estimate of drug-likeness (QED) is 0.513. The number of carbonyl (C=O) groups excluding carboxylic acids is 1. The largest absolute Gasteiger partial charge is 0.492 e. The minimum absolute atomic E-state index is 0.0376. The maximum atomic E-state index is 10.9. The van der Waals surface area contributed by atoms with E-state index in [-0.39, 0.29) is 5.91 Å². The maximum absolute atomic E-state index is 10.9. The van der Waals surface area contributed by atoms with E-state index >= 15 is 0 Å². The average molecular weight is 394 g/mol. The van der Waals surface area contributed by atoms with Crippen LogP contribution in [0.1, 0.15) is 43.1 Å². The molecule has 0 aliphatic carbocycles. The van der Waals surface area contributed by atoms with Crippen LogP contribution in [0.4, 0.5) is 0 Å². The van der Waals surface area contributed by atoms with Gasteiger partial charge in [-0.3, -0.25) is 4.79 Å². The van der Waals surface area contributed by atoms with Crippen LogP contribution in [-0.2, 0) is 17.8 Å². The molecule has 1 N–H and O–H groups in total. The van der Waals surface area contributed by atoms with Crippen molar-refractivity contribution in [1.29, 1.82) is 0 Å². The summed E-state index contributed by atoms with van der Waals surface area (Å²) in [5.74, 6) is 2.07. The molecule has 0 bridgehead atoms. The van der Waals surface area contributed by atoms with Crippen molar-refractivity contribution in [3.63, 3.8) is 0 Å². The molecule has 5 heteroatoms. The summed E-state index contributed by atoms with van der Waals surface area (Å²) in [7, 11) is 0. The molecule has 0 radical (unpaired) electrons. The lowest BCUT2D eigenvalue weighted by molar-refractivity contribution is -0.118. The Kier molecular flexibility index (Phi) is 7.28. The lowest BCUT2D eigenvalue weighted by Gasteiger charge is -2.12. The highest BCUT2D eigenvalue weighted by Crippen LogP contribution is 2.19. The molecule has 0 saturated heterocycles. The number of unbranched alkanes of at least 4 members (excludes halogenated alkanes) is 2. The van der Waals surface area contributed by atoms with E-state index in [1.54, 1.807) is 6.92 Å². The van der Waals surface area contributed by atoms with Crippen LogP contribution in [0.25, 0.3) is 11.0 Å². The third-order valence-corrected chi connectivity index (χ3v) is 4.96. The fourth-order valence-corrected chi connectivity index (χ4v) is 3.69. The number of aryl methyl sites for hydroxylation is 3. The van der Waals surface area contributed by atoms with Crippen molar-refractivity contribution in [3.8, 4) is 5.75 Å². The molecular weight excluding hydrogens is 362 g/mol. The molecule has 0 aliphatic rings. The van der Waals surface area contributed by atoms with Gasteiger partial charge >= 0.3 is 0 Å². The zero-order valence-electron chi connectivity index (χ0n) is 17.7. The predicted molar refractivity (Wildman–Crippen MR) is 117 cm³/mol. The monoisotopic (exact) mass is 393 g/mol. The molecule has 0 spiro atoms. The van der Waals surface area contributed by atoms with E-state index in [9.17, 15) is 4.79 Å². The second kappa shape index (κ2) is 10.1. The third kappa shape index (κ3) is 6.08. The van der Waals surface area contributed by atoms with Crippen LogP contribution in [0.3, 0.4) is 0 Å². The number of para-hydroxylation sites is 2. The van der Waals surface area contributed by atoms with Gasteiger partial charge in [-0.2, -0.15) is 0 Å². The normalized spacial score (nSPS) is 11.0. The second-order valence-corrected chi connectivity index (χ2v) is 7.63. The van der Waals surface area contributed by atoms with Crippen molar-refractivity contribution in [3.05, 3.63) is 59.4 Å². The Balaban J connectivity index is 1.61. The van der Waals surface area contributed by atoms with Gasteiger partial charge in [-0.05, 0) is 62.1 Å². The van der Waals surface area contributed by atoms with E-state index < -0.39 is 0 Å². The number of carbonyl (C=O) groups is 1. The van der Waals surface area contributed by atoms with Crippen molar-refractivity contribution < 1.29 is 9.53 Å². The van der Waals surface area contributed by atoms with Gasteiger partial charge in [0.15, 0.2) is 0 Å². The lowest BCUT2D eigenvalue weighted by atomic mass is 10.1. The Morgan fingerprint density at radius 3 is 2.59 bits per heavy atom. The highest BCUT2D eigenvalue weighted by molar-refractivity contribution is 5.75. The molecule has 3 rings (SSSR count). The number of hydrogen-bond acceptors (Lipinski definition) is 3. The predicted octanol–water partition coefficient (Wildman–Crippen LogP) is 4.58. The second-order valence-electron chi connectivity index (χ2n) is 7.63. The first-order chi connectivity index (χ1) is 14.0. The van der Waals surface area contributed by atoms with Crippen molar-refractivity contribution in [2.45, 2.75) is 53.0 Å². The van der Waals surface area contributed by atoms with Gasteiger partial charge in [0.25, 0.3) is 0 Å². The summed E-state index contributed by atoms with van der Waals surface area (Å²) in [5.41, 5.74) is 4.62. The van der Waals surface area contributed by atoms with E-state index in [0.717, 1.165) is 61.4 Å². The molecule has 1 heterocycles. The molecule has 154 valence electrons. The number of hydrogen-bond donors (Lipinski definition) is 1. The minimum atomic E-state index is 0.0376. The average Bonchev–Trinajstić information content (AvgIpc) is 3.01. The zero-order valence-corrected chi connectivity index (χ0v) is 17.7. The van der Waals surface area contributed by atoms with Crippen molar-refractivity contribution >= 4 is 16.9 Å². The summed E-state index contributed by atoms with van der Waals surface area (Å²) in [4.78, 5) is 15.8. The van der Waals surface area contributed by atoms with Gasteiger partial charge < -0.3 is 14.6 Å². The van der Waals surface area contributed by atoms with Crippen LogP contribution in [0.15, 0.2) is 42.5 Å². The summed E-state index contributed by atoms with van der Waals surface area (Å²) in [6.07, 6.45) is 4.05. The number of amides is 1. The topological polar surface area (TPSA) is 56.2 Å². The molecule has 0 atom stereocenters. The summed E-state index contributed by atoms with van der Waals surface area (Å²) in [5, 5.41) is 2.85. The number of nitrogens with zero attached hydrogens (tertiary/aromatic N) is 2. The first-order valence-corrected chi connectivity index (χ1v) is 10.4. The number of rotatable bonds is 10. The number of benzene rings is 2. The van der Waals surface area contributed by atoms with Crippen LogP contribution in [0.5, 0.6) is 5.75 Å². The van der Waals surface area contributed by atoms with E-state index in [1.807, 2.05) is 6.07 Å². The molecule has 29 heavy (non-hydrogen) atoms. The molecule has 0 aliphatic heterocycles. The molecule has 0 unspecified atom stereocenters. The molecule has 1 amide bonds. The van der Waals surface area contributed by atoms with Gasteiger partial charge in [-0.25, -0.2) is 4.98 Å². The van der Waals surface area contributed by atoms with E-state index in [1.165, 1.54) is 11.1 Å². The fraction of sp³-hybridized carbons (Fsp3) is 0.417. The molecule has 3 aromatic rings. The third-order valence-electron chi connectivity index (χ3n) is 4.96. The number of aromatic nitrogens is 2. The molecule has 5 nitrogen and oxygen atoms in total. The van der Waals surface area contributed by atoms with Crippen LogP contribution < -0.4 is 10.1 Å². The van der Waals surface area contributed by atoms with E-state index in [4.69, 9.17) is 9.72 Å². The first kappa shape index (κ1) is 20.9. The minimum Gasteiger partial charge on any atom is -0.492 e. The highest BCUT2D eigenvalue weighted by atomic mass is 16.5. The van der Waals surface area contributed by atoms with Crippen LogP contribution in [0.2, 0.25) is 0 Å². The summed E-state index contributed by atoms with van der Waals surface area (Å²) in [6.45, 7) is 7.87. The Labute approximate surface area is 173 Å². The summed E-state index contributed by atoms with van der Waals surface area (Å²) in [6, 6.07) is 14.6. The smallest absolute Gasteiger partial charge is 0.216 e. The Hall–Kier alpha value is -2.82. The summed E-state index contributed by atoms with van der Waals surface area (Å²) < 4.78 is 8.32. The van der Waals surface area contributed by atoms with E-state index in [0.29, 0.717) is 6.61 Å². The van der Waals surface area contributed by atoms with Crippen LogP contribution in [-0.4, -0.2) is 28.6 Å². The van der Waals surface area contributed by atoms with Gasteiger partial charge in [0.1, 0.15) is 18.2 Å². The molecule has 1 aromatic heterocycles. The molecule has 2 aromatic carbocycles. The SMILES string of the molecule is CC(=O)NCCCCCc1nc2ccccc2n1CCOc1cc(C)cc(C)c1. The van der Waals surface area contributed by atoms with Crippen molar-refractivity contribution in [2.24, 2.45) is 0 Å². The van der Waals surface area contributed by atoms with Gasteiger partial charge in [-0.1, -0.05) is 24.6 Å². The molecular formula is C24H31N3O2. The Morgan fingerprint density at radius 2 is 1.83 bits per heavy atom. The number of ether oxygens (including phenoxy) is 1. The van der Waals surface area contributed by atoms with Crippen molar-refractivity contribution in [1.82, 2.24) is 14.9 Å². The van der Waals surface area contributed by atoms with Crippen molar-refractivity contribution in [2.75, 3.05) is 13.2 Å². The van der Waals surface area contributed by atoms with Gasteiger partial charge in [0, 0.05) is 19.9 Å². The standard InChI is InChI=1S/C24H31N3O2/c1-18-15-19(2)17-21(16-18)29-14-13-27-23-10-7-6-9-22(23)26-24(27)11-5-4-8-12-25-20(3)28/h6-7,9-10,15-17H,4-5,8,11-14H2,1-3H3,(H,25,28).